The van der Waals surface area contributed by atoms with Crippen molar-refractivity contribution in [2.45, 2.75) is 32.5 Å². The Kier molecular flexibility index (Phi) is 2.28. The third-order valence-electron chi connectivity index (χ3n) is 2.40. The maximum Gasteiger partial charge on any atom is 0.257 e. The fourth-order valence-corrected chi connectivity index (χ4v) is 2.10. The van der Waals surface area contributed by atoms with Crippen LogP contribution in [0.2, 0.25) is 0 Å². The van der Waals surface area contributed by atoms with Crippen molar-refractivity contribution in [2.24, 2.45) is 0 Å². The van der Waals surface area contributed by atoms with Gasteiger partial charge < -0.3 is 9.72 Å². The highest BCUT2D eigenvalue weighted by atomic mass is 32.1. The van der Waals surface area contributed by atoms with Crippen LogP contribution < -0.4 is 5.56 Å². The summed E-state index contributed by atoms with van der Waals surface area (Å²) in [5, 5.41) is 0. The van der Waals surface area contributed by atoms with Gasteiger partial charge >= 0.3 is 0 Å². The Balaban J connectivity index is 2.65. The lowest BCUT2D eigenvalue weighted by Crippen LogP contribution is -2.30. The van der Waals surface area contributed by atoms with E-state index in [0.29, 0.717) is 16.8 Å². The van der Waals surface area contributed by atoms with Crippen LogP contribution >= 0.6 is 12.2 Å². The van der Waals surface area contributed by atoms with Gasteiger partial charge in [-0.3, -0.25) is 9.78 Å². The van der Waals surface area contributed by atoms with E-state index in [1.165, 1.54) is 0 Å². The van der Waals surface area contributed by atoms with Crippen LogP contribution in [0, 0.1) is 4.77 Å². The van der Waals surface area contributed by atoms with Crippen molar-refractivity contribution in [1.29, 1.82) is 0 Å². The number of rotatable bonds is 0. The highest BCUT2D eigenvalue weighted by Gasteiger charge is 2.24. The number of nitrogens with one attached hydrogen (secondary N) is 2. The minimum atomic E-state index is -0.163. The van der Waals surface area contributed by atoms with E-state index in [1.54, 1.807) is 0 Å². The normalized spacial score (nSPS) is 25.9. The van der Waals surface area contributed by atoms with Crippen molar-refractivity contribution in [1.82, 2.24) is 9.97 Å². The minimum Gasteiger partial charge on any atom is -0.370 e. The fourth-order valence-electron chi connectivity index (χ4n) is 1.89. The Labute approximate surface area is 86.3 Å². The van der Waals surface area contributed by atoms with Gasteiger partial charge in [0.15, 0.2) is 4.77 Å². The molecular formula is C9H12N2O2S. The second-order valence-electron chi connectivity index (χ2n) is 3.59. The van der Waals surface area contributed by atoms with Gasteiger partial charge in [-0.25, -0.2) is 0 Å². The van der Waals surface area contributed by atoms with E-state index >= 15 is 0 Å². The molecule has 0 radical (unpaired) electrons. The average molecular weight is 212 g/mol. The van der Waals surface area contributed by atoms with Gasteiger partial charge in [0.2, 0.25) is 0 Å². The quantitative estimate of drug-likeness (QED) is 0.640. The van der Waals surface area contributed by atoms with Crippen LogP contribution in [0.25, 0.3) is 0 Å². The zero-order valence-corrected chi connectivity index (χ0v) is 8.90. The summed E-state index contributed by atoms with van der Waals surface area (Å²) in [7, 11) is 0. The van der Waals surface area contributed by atoms with Crippen LogP contribution in [-0.2, 0) is 11.2 Å². The van der Waals surface area contributed by atoms with Gasteiger partial charge in [-0.05, 0) is 26.1 Å². The minimum absolute atomic E-state index is 0.130. The Morgan fingerprint density at radius 3 is 2.86 bits per heavy atom. The molecule has 14 heavy (non-hydrogen) atoms. The van der Waals surface area contributed by atoms with E-state index in [1.807, 2.05) is 13.8 Å². The number of hydrogen-bond donors (Lipinski definition) is 2. The maximum absolute atomic E-state index is 11.6. The summed E-state index contributed by atoms with van der Waals surface area (Å²) in [4.78, 5) is 17.2. The Morgan fingerprint density at radius 1 is 1.43 bits per heavy atom. The molecule has 1 aliphatic rings. The highest BCUT2D eigenvalue weighted by Crippen LogP contribution is 2.24. The molecule has 76 valence electrons. The molecule has 2 N–H and O–H groups in total. The molecule has 2 rings (SSSR count). The van der Waals surface area contributed by atoms with E-state index in [9.17, 15) is 4.79 Å². The van der Waals surface area contributed by atoms with Crippen LogP contribution in [0.5, 0.6) is 0 Å². The molecule has 0 saturated carbocycles. The molecule has 0 spiro atoms. The average Bonchev–Trinajstić information content (AvgIpc) is 1.99. The van der Waals surface area contributed by atoms with Crippen LogP contribution in [-0.4, -0.2) is 16.1 Å². The first kappa shape index (κ1) is 9.61. The smallest absolute Gasteiger partial charge is 0.257 e. The summed E-state index contributed by atoms with van der Waals surface area (Å²) in [6.07, 6.45) is 0.682. The molecule has 1 aromatic rings. The van der Waals surface area contributed by atoms with Gasteiger partial charge in [0.05, 0.1) is 17.8 Å². The Morgan fingerprint density at radius 2 is 2.14 bits per heavy atom. The number of aromatic amines is 2. The van der Waals surface area contributed by atoms with Gasteiger partial charge in [0.25, 0.3) is 5.56 Å². The summed E-state index contributed by atoms with van der Waals surface area (Å²) in [5.74, 6) is 0. The predicted octanol–water partition coefficient (Wildman–Crippen LogP) is 1.45. The van der Waals surface area contributed by atoms with E-state index in [2.05, 4.69) is 9.97 Å². The molecule has 2 atom stereocenters. The lowest BCUT2D eigenvalue weighted by molar-refractivity contribution is -0.00700. The van der Waals surface area contributed by atoms with E-state index in [0.717, 1.165) is 5.69 Å². The standard InChI is InChI=1S/C9H12N2O2S/c1-4-3-6-7(5(2)13-4)8(12)11-9(14)10-6/h4-5H,3H2,1-2H3,(H2,10,11,12,14). The summed E-state index contributed by atoms with van der Waals surface area (Å²) in [5.41, 5.74) is 1.45. The van der Waals surface area contributed by atoms with Crippen LogP contribution in [0.4, 0.5) is 0 Å². The molecule has 1 aromatic heterocycles. The Bertz CT molecular complexity index is 463. The van der Waals surface area contributed by atoms with Crippen LogP contribution in [0.15, 0.2) is 4.79 Å². The molecule has 0 amide bonds. The van der Waals surface area contributed by atoms with Crippen LogP contribution in [0.1, 0.15) is 31.2 Å². The van der Waals surface area contributed by atoms with Crippen molar-refractivity contribution in [2.75, 3.05) is 0 Å². The van der Waals surface area contributed by atoms with Gasteiger partial charge in [-0.2, -0.15) is 0 Å². The van der Waals surface area contributed by atoms with E-state index in [4.69, 9.17) is 17.0 Å². The molecule has 0 fully saturated rings. The van der Waals surface area contributed by atoms with Gasteiger partial charge in [0.1, 0.15) is 0 Å². The van der Waals surface area contributed by atoms with E-state index in [-0.39, 0.29) is 17.8 Å². The number of hydrogen-bond acceptors (Lipinski definition) is 3. The SMILES string of the molecule is CC1Cc2[nH]c(=S)[nH]c(=O)c2C(C)O1. The van der Waals surface area contributed by atoms with Crippen molar-refractivity contribution in [3.8, 4) is 0 Å². The number of ether oxygens (including phenoxy) is 1. The first-order valence-corrected chi connectivity index (χ1v) is 4.99. The first-order valence-electron chi connectivity index (χ1n) is 4.58. The third kappa shape index (κ3) is 1.53. The van der Waals surface area contributed by atoms with Gasteiger partial charge in [0, 0.05) is 12.1 Å². The lowest BCUT2D eigenvalue weighted by atomic mass is 10.0. The van der Waals surface area contributed by atoms with Crippen molar-refractivity contribution in [3.63, 3.8) is 0 Å². The summed E-state index contributed by atoms with van der Waals surface area (Å²) < 4.78 is 5.94. The number of fused-ring (bicyclic) bond motifs is 1. The third-order valence-corrected chi connectivity index (χ3v) is 2.60. The van der Waals surface area contributed by atoms with Crippen molar-refractivity contribution < 1.29 is 4.74 Å². The molecule has 2 unspecified atom stereocenters. The zero-order chi connectivity index (χ0) is 10.3. The largest absolute Gasteiger partial charge is 0.370 e. The number of aromatic nitrogens is 2. The first-order chi connectivity index (χ1) is 6.58. The molecular weight excluding hydrogens is 200 g/mol. The molecule has 1 aliphatic heterocycles. The summed E-state index contributed by atoms with van der Waals surface area (Å²) >= 11 is 4.91. The predicted molar refractivity (Wildman–Crippen MR) is 54.9 cm³/mol. The molecule has 0 saturated heterocycles. The molecule has 0 aromatic carbocycles. The summed E-state index contributed by atoms with van der Waals surface area (Å²) in [6, 6.07) is 0. The molecule has 4 nitrogen and oxygen atoms in total. The number of H-pyrrole nitrogens is 2. The summed E-state index contributed by atoms with van der Waals surface area (Å²) in [6.45, 7) is 3.86. The van der Waals surface area contributed by atoms with Gasteiger partial charge in [-0.15, -0.1) is 0 Å². The second kappa shape index (κ2) is 3.33. The fraction of sp³-hybridized carbons (Fsp3) is 0.556. The maximum atomic E-state index is 11.6. The molecule has 0 aliphatic carbocycles. The molecule has 5 heteroatoms. The van der Waals surface area contributed by atoms with Crippen molar-refractivity contribution >= 4 is 12.2 Å². The van der Waals surface area contributed by atoms with E-state index < -0.39 is 0 Å². The topological polar surface area (TPSA) is 57.9 Å². The Hall–Kier alpha value is -0.940. The highest BCUT2D eigenvalue weighted by molar-refractivity contribution is 7.71. The molecule has 2 heterocycles. The zero-order valence-electron chi connectivity index (χ0n) is 8.09. The van der Waals surface area contributed by atoms with Crippen LogP contribution in [0.3, 0.4) is 0 Å². The lowest BCUT2D eigenvalue weighted by Gasteiger charge is -2.26. The van der Waals surface area contributed by atoms with Gasteiger partial charge in [-0.1, -0.05) is 0 Å². The van der Waals surface area contributed by atoms with Crippen molar-refractivity contribution in [3.05, 3.63) is 26.4 Å². The molecule has 0 bridgehead atoms. The monoisotopic (exact) mass is 212 g/mol. The second-order valence-corrected chi connectivity index (χ2v) is 4.00.